The monoisotopic (exact) mass is 744 g/mol. The van der Waals surface area contributed by atoms with E-state index in [1.807, 2.05) is 94.1 Å². The molecule has 56 heavy (non-hydrogen) atoms. The fourth-order valence-corrected chi connectivity index (χ4v) is 7.78. The Hall–Kier alpha value is -7.27. The highest BCUT2D eigenvalue weighted by Gasteiger charge is 2.29. The van der Waals surface area contributed by atoms with Crippen molar-refractivity contribution in [3.63, 3.8) is 0 Å². The van der Waals surface area contributed by atoms with Crippen molar-refractivity contribution in [3.05, 3.63) is 169 Å². The van der Waals surface area contributed by atoms with E-state index in [-0.39, 0.29) is 11.1 Å². The molecule has 270 valence electrons. The summed E-state index contributed by atoms with van der Waals surface area (Å²) in [6.45, 7) is 1.59. The summed E-state index contributed by atoms with van der Waals surface area (Å²) in [6.07, 6.45) is 6.62. The molecule has 6 aromatic carbocycles. The molecular weight excluding hydrogens is 720 g/mol. The van der Waals surface area contributed by atoms with E-state index in [2.05, 4.69) is 19.9 Å². The van der Waals surface area contributed by atoms with Crippen LogP contribution in [0.1, 0.15) is 5.56 Å². The van der Waals surface area contributed by atoms with Crippen molar-refractivity contribution >= 4 is 43.6 Å². The van der Waals surface area contributed by atoms with Gasteiger partial charge in [-0.3, -0.25) is 0 Å². The average molecular weight is 745 g/mol. The summed E-state index contributed by atoms with van der Waals surface area (Å²) in [5.41, 5.74) is 4.58. The van der Waals surface area contributed by atoms with Gasteiger partial charge in [-0.2, -0.15) is 0 Å². The molecule has 0 fully saturated rings. The van der Waals surface area contributed by atoms with Gasteiger partial charge in [0.1, 0.15) is 0 Å². The minimum atomic E-state index is -2.22. The lowest BCUT2D eigenvalue weighted by molar-refractivity contribution is 0.381. The normalized spacial score (nSPS) is 11.8. The number of fused-ring (bicyclic) bond motifs is 6. The Morgan fingerprint density at radius 1 is 0.411 bits per heavy atom. The summed E-state index contributed by atoms with van der Waals surface area (Å²) in [5.74, 6) is -9.10. The molecule has 0 atom stereocenters. The van der Waals surface area contributed by atoms with E-state index in [0.29, 0.717) is 34.1 Å². The van der Waals surface area contributed by atoms with E-state index in [0.717, 1.165) is 43.7 Å². The van der Waals surface area contributed by atoms with Crippen molar-refractivity contribution in [2.45, 2.75) is 6.92 Å². The highest BCUT2D eigenvalue weighted by molar-refractivity contribution is 6.12. The van der Waals surface area contributed by atoms with Gasteiger partial charge in [-0.1, -0.05) is 60.7 Å². The Morgan fingerprint density at radius 3 is 1.30 bits per heavy atom. The zero-order valence-electron chi connectivity index (χ0n) is 29.3. The van der Waals surface area contributed by atoms with Crippen LogP contribution in [0.25, 0.3) is 88.9 Å². The van der Waals surface area contributed by atoms with E-state index in [1.54, 1.807) is 49.9 Å². The molecule has 10 rings (SSSR count). The van der Waals surface area contributed by atoms with Crippen molar-refractivity contribution in [2.24, 2.45) is 0 Å². The predicted octanol–water partition coefficient (Wildman–Crippen LogP) is 11.5. The summed E-state index contributed by atoms with van der Waals surface area (Å²) in [7, 11) is 0. The fourth-order valence-electron chi connectivity index (χ4n) is 7.78. The Labute approximate surface area is 314 Å². The number of aryl methyl sites for hydroxylation is 1. The van der Waals surface area contributed by atoms with Crippen LogP contribution < -0.4 is 0 Å². The number of halogens is 5. The maximum absolute atomic E-state index is 15.7. The molecule has 10 aromatic rings. The Balaban J connectivity index is 1.38. The number of hydrogen-bond acceptors (Lipinski definition) is 4. The number of aromatic nitrogens is 6. The third-order valence-electron chi connectivity index (χ3n) is 10.3. The molecule has 4 heterocycles. The van der Waals surface area contributed by atoms with Crippen LogP contribution in [0.3, 0.4) is 0 Å². The van der Waals surface area contributed by atoms with E-state index in [9.17, 15) is 13.2 Å². The molecule has 0 unspecified atom stereocenters. The molecule has 0 saturated carbocycles. The molecule has 0 saturated heterocycles. The van der Waals surface area contributed by atoms with Crippen molar-refractivity contribution in [2.75, 3.05) is 0 Å². The summed E-state index contributed by atoms with van der Waals surface area (Å²) in [4.78, 5) is 17.9. The van der Waals surface area contributed by atoms with Crippen LogP contribution in [0.15, 0.2) is 134 Å². The van der Waals surface area contributed by atoms with Crippen molar-refractivity contribution in [1.82, 2.24) is 29.1 Å². The Morgan fingerprint density at radius 2 is 0.821 bits per heavy atom. The number of hydrogen-bond donors (Lipinski definition) is 0. The average Bonchev–Trinajstić information content (AvgIpc) is 3.75. The first kappa shape index (κ1) is 33.3. The lowest BCUT2D eigenvalue weighted by Gasteiger charge is -2.21. The molecule has 0 aliphatic rings. The van der Waals surface area contributed by atoms with Crippen LogP contribution in [0.5, 0.6) is 0 Å². The van der Waals surface area contributed by atoms with Crippen LogP contribution in [0, 0.1) is 36.0 Å². The molecule has 0 spiro atoms. The van der Waals surface area contributed by atoms with E-state index in [4.69, 9.17) is 0 Å². The van der Waals surface area contributed by atoms with Crippen LogP contribution in [0.4, 0.5) is 22.0 Å². The second-order valence-electron chi connectivity index (χ2n) is 13.4. The molecule has 0 bridgehead atoms. The quantitative estimate of drug-likeness (QED) is 0.100. The lowest BCUT2D eigenvalue weighted by atomic mass is 9.96. The first-order chi connectivity index (χ1) is 27.3. The standard InChI is InChI=1S/C45H25F5N6/c1-24-20-36(55-32-10-4-2-8-27(32)29-14-12-25(21-34(29)55)44-51-16-6-17-52-44)37(23-31(24)38-39(46)41(48)43(50)42(49)40(38)47)56-33-11-5-3-9-28(33)30-15-13-26(22-35(30)56)45-53-18-7-19-54-45/h2-23H,1H3. The highest BCUT2D eigenvalue weighted by Crippen LogP contribution is 2.43. The third-order valence-corrected chi connectivity index (χ3v) is 10.3. The van der Waals surface area contributed by atoms with Gasteiger partial charge < -0.3 is 9.13 Å². The van der Waals surface area contributed by atoms with Gasteiger partial charge in [-0.15, -0.1) is 0 Å². The lowest BCUT2D eigenvalue weighted by Crippen LogP contribution is -2.08. The van der Waals surface area contributed by atoms with E-state index < -0.39 is 34.6 Å². The summed E-state index contributed by atoms with van der Waals surface area (Å²) in [5, 5.41) is 3.58. The number of para-hydroxylation sites is 2. The Kier molecular flexibility index (Phi) is 7.53. The predicted molar refractivity (Wildman–Crippen MR) is 207 cm³/mol. The van der Waals surface area contributed by atoms with Crippen molar-refractivity contribution in [3.8, 4) is 45.3 Å². The van der Waals surface area contributed by atoms with Gasteiger partial charge in [0.2, 0.25) is 5.82 Å². The van der Waals surface area contributed by atoms with Gasteiger partial charge in [-0.25, -0.2) is 41.9 Å². The number of nitrogens with zero attached hydrogens (tertiary/aromatic N) is 6. The summed E-state index contributed by atoms with van der Waals surface area (Å²) >= 11 is 0. The van der Waals surface area contributed by atoms with Crippen molar-refractivity contribution in [1.29, 1.82) is 0 Å². The van der Waals surface area contributed by atoms with Gasteiger partial charge >= 0.3 is 0 Å². The number of benzene rings is 6. The molecule has 11 heteroatoms. The minimum Gasteiger partial charge on any atom is -0.307 e. The maximum Gasteiger partial charge on any atom is 0.200 e. The molecule has 0 aliphatic carbocycles. The molecular formula is C45H25F5N6. The fraction of sp³-hybridized carbons (Fsp3) is 0.0222. The van der Waals surface area contributed by atoms with Crippen LogP contribution in [-0.2, 0) is 0 Å². The SMILES string of the molecule is Cc1cc(-n2c3ccccc3c3ccc(-c4ncccn4)cc32)c(-n2c3ccccc3c3ccc(-c4ncccn4)cc32)cc1-c1c(F)c(F)c(F)c(F)c1F. The minimum absolute atomic E-state index is 0.163. The third kappa shape index (κ3) is 4.93. The van der Waals surface area contributed by atoms with E-state index in [1.165, 1.54) is 6.07 Å². The van der Waals surface area contributed by atoms with Gasteiger partial charge in [0.25, 0.3) is 0 Å². The summed E-state index contributed by atoms with van der Waals surface area (Å²) < 4.78 is 79.5. The highest BCUT2D eigenvalue weighted by atomic mass is 19.2. The van der Waals surface area contributed by atoms with Crippen LogP contribution in [0.2, 0.25) is 0 Å². The van der Waals surface area contributed by atoms with Gasteiger partial charge in [0.05, 0.1) is 39.0 Å². The number of rotatable bonds is 5. The molecule has 0 aliphatic heterocycles. The summed E-state index contributed by atoms with van der Waals surface area (Å²) in [6, 6.07) is 34.0. The van der Waals surface area contributed by atoms with E-state index >= 15 is 8.78 Å². The molecule has 0 N–H and O–H groups in total. The Bertz CT molecular complexity index is 3180. The van der Waals surface area contributed by atoms with Gasteiger partial charge in [0.15, 0.2) is 34.9 Å². The first-order valence-corrected chi connectivity index (χ1v) is 17.6. The van der Waals surface area contributed by atoms with Gasteiger partial charge in [-0.05, 0) is 66.6 Å². The first-order valence-electron chi connectivity index (χ1n) is 17.6. The largest absolute Gasteiger partial charge is 0.307 e. The van der Waals surface area contributed by atoms with Crippen LogP contribution >= 0.6 is 0 Å². The zero-order valence-corrected chi connectivity index (χ0v) is 29.3. The van der Waals surface area contributed by atoms with Crippen LogP contribution in [-0.4, -0.2) is 29.1 Å². The molecule has 0 amide bonds. The second-order valence-corrected chi connectivity index (χ2v) is 13.4. The smallest absolute Gasteiger partial charge is 0.200 e. The molecule has 0 radical (unpaired) electrons. The zero-order chi connectivity index (χ0) is 38.2. The molecule has 4 aromatic heterocycles. The van der Waals surface area contributed by atoms with Gasteiger partial charge in [0, 0.05) is 57.5 Å². The maximum atomic E-state index is 15.7. The molecule has 6 nitrogen and oxygen atoms in total. The topological polar surface area (TPSA) is 61.4 Å². The van der Waals surface area contributed by atoms with Crippen molar-refractivity contribution < 1.29 is 22.0 Å². The second kappa shape index (κ2) is 12.7.